The van der Waals surface area contributed by atoms with Crippen LogP contribution >= 0.6 is 0 Å². The number of Topliss-reactive ketones (excluding diaryl/α,β-unsaturated/α-hetero) is 1. The Morgan fingerprint density at radius 2 is 1.54 bits per heavy atom. The maximum atomic E-state index is 15.6. The molecule has 28 heavy (non-hydrogen) atoms. The summed E-state index contributed by atoms with van der Waals surface area (Å²) in [5, 5.41) is 0. The SMILES string of the molecule is O=C(c1ccccc1)C(F)(F)C1c2ccccc2CCN1c1ccc(F)cc1. The Morgan fingerprint density at radius 1 is 0.893 bits per heavy atom. The van der Waals surface area contributed by atoms with Crippen LogP contribution < -0.4 is 4.90 Å². The first-order valence-electron chi connectivity index (χ1n) is 9.06. The van der Waals surface area contributed by atoms with Gasteiger partial charge in [0.05, 0.1) is 0 Å². The molecule has 0 fully saturated rings. The summed E-state index contributed by atoms with van der Waals surface area (Å²) in [5.74, 6) is -5.32. The minimum atomic E-state index is -3.66. The van der Waals surface area contributed by atoms with Crippen LogP contribution in [0.1, 0.15) is 27.5 Å². The molecule has 0 bridgehead atoms. The summed E-state index contributed by atoms with van der Waals surface area (Å²) in [6, 6.07) is 18.5. The molecule has 1 aliphatic heterocycles. The number of nitrogens with zero attached hydrogens (tertiary/aromatic N) is 1. The van der Waals surface area contributed by atoms with Gasteiger partial charge in [-0.2, -0.15) is 8.78 Å². The summed E-state index contributed by atoms with van der Waals surface area (Å²) >= 11 is 0. The first kappa shape index (κ1) is 18.3. The number of benzene rings is 3. The van der Waals surface area contributed by atoms with Gasteiger partial charge in [0.2, 0.25) is 5.78 Å². The first-order chi connectivity index (χ1) is 13.5. The fourth-order valence-corrected chi connectivity index (χ4v) is 3.77. The Hall–Kier alpha value is -3.08. The van der Waals surface area contributed by atoms with Gasteiger partial charge in [-0.15, -0.1) is 0 Å². The molecule has 0 spiro atoms. The fraction of sp³-hybridized carbons (Fsp3) is 0.174. The Labute approximate surface area is 161 Å². The quantitative estimate of drug-likeness (QED) is 0.560. The highest BCUT2D eigenvalue weighted by Crippen LogP contribution is 2.44. The number of carbonyl (C=O) groups excluding carboxylic acids is 1. The lowest BCUT2D eigenvalue weighted by molar-refractivity contribution is -0.0104. The van der Waals surface area contributed by atoms with E-state index in [0.717, 1.165) is 5.56 Å². The molecule has 0 N–H and O–H groups in total. The van der Waals surface area contributed by atoms with Crippen molar-refractivity contribution in [3.8, 4) is 0 Å². The summed E-state index contributed by atoms with van der Waals surface area (Å²) in [6.45, 7) is 0.310. The fourth-order valence-electron chi connectivity index (χ4n) is 3.77. The number of carbonyl (C=O) groups is 1. The van der Waals surface area contributed by atoms with Crippen LogP contribution in [0, 0.1) is 5.82 Å². The molecule has 0 aromatic heterocycles. The molecule has 1 heterocycles. The van der Waals surface area contributed by atoms with Gasteiger partial charge in [0.15, 0.2) is 0 Å². The topological polar surface area (TPSA) is 20.3 Å². The zero-order valence-electron chi connectivity index (χ0n) is 15.0. The van der Waals surface area contributed by atoms with Crippen molar-refractivity contribution in [1.29, 1.82) is 0 Å². The summed E-state index contributed by atoms with van der Waals surface area (Å²) < 4.78 is 44.6. The molecule has 142 valence electrons. The zero-order valence-corrected chi connectivity index (χ0v) is 15.0. The summed E-state index contributed by atoms with van der Waals surface area (Å²) in [6.07, 6.45) is 0.569. The standard InChI is InChI=1S/C23H18F3NO/c24-18-10-12-19(13-11-18)27-15-14-16-6-4-5-9-20(16)21(27)23(25,26)22(28)17-7-2-1-3-8-17/h1-13,21H,14-15H2. The minimum Gasteiger partial charge on any atom is -0.358 e. The van der Waals surface area contributed by atoms with Crippen molar-refractivity contribution >= 4 is 11.5 Å². The van der Waals surface area contributed by atoms with Crippen LogP contribution in [-0.2, 0) is 6.42 Å². The number of hydrogen-bond donors (Lipinski definition) is 0. The van der Waals surface area contributed by atoms with E-state index in [-0.39, 0.29) is 5.56 Å². The predicted octanol–water partition coefficient (Wildman–Crippen LogP) is 5.45. The third kappa shape index (κ3) is 3.17. The number of rotatable bonds is 4. The molecule has 0 amide bonds. The Kier molecular flexibility index (Phi) is 4.67. The maximum Gasteiger partial charge on any atom is 0.333 e. The van der Waals surface area contributed by atoms with Gasteiger partial charge in [-0.3, -0.25) is 4.79 Å². The summed E-state index contributed by atoms with van der Waals surface area (Å²) in [5.41, 5.74) is 1.65. The first-order valence-corrected chi connectivity index (χ1v) is 9.06. The second kappa shape index (κ2) is 7.15. The largest absolute Gasteiger partial charge is 0.358 e. The second-order valence-electron chi connectivity index (χ2n) is 6.84. The van der Waals surface area contributed by atoms with E-state index in [0.29, 0.717) is 24.2 Å². The van der Waals surface area contributed by atoms with Crippen LogP contribution in [0.25, 0.3) is 0 Å². The molecule has 0 saturated heterocycles. The molecule has 3 aromatic carbocycles. The molecule has 4 rings (SSSR count). The van der Waals surface area contributed by atoms with Gasteiger partial charge in [0.25, 0.3) is 0 Å². The number of fused-ring (bicyclic) bond motifs is 1. The van der Waals surface area contributed by atoms with Crippen LogP contribution in [0.4, 0.5) is 18.9 Å². The van der Waals surface area contributed by atoms with E-state index in [4.69, 9.17) is 0 Å². The van der Waals surface area contributed by atoms with Crippen molar-refractivity contribution in [2.45, 2.75) is 18.4 Å². The van der Waals surface area contributed by atoms with Crippen molar-refractivity contribution in [3.63, 3.8) is 0 Å². The van der Waals surface area contributed by atoms with Crippen LogP contribution in [0.3, 0.4) is 0 Å². The molecule has 0 radical (unpaired) electrons. The molecule has 0 saturated carbocycles. The second-order valence-corrected chi connectivity index (χ2v) is 6.84. The van der Waals surface area contributed by atoms with E-state index in [9.17, 15) is 9.18 Å². The van der Waals surface area contributed by atoms with Gasteiger partial charge in [-0.25, -0.2) is 4.39 Å². The Morgan fingerprint density at radius 3 is 2.25 bits per heavy atom. The zero-order chi connectivity index (χ0) is 19.7. The lowest BCUT2D eigenvalue weighted by Gasteiger charge is -2.42. The van der Waals surface area contributed by atoms with E-state index < -0.39 is 23.6 Å². The van der Waals surface area contributed by atoms with Crippen LogP contribution in [0.2, 0.25) is 0 Å². The highest BCUT2D eigenvalue weighted by atomic mass is 19.3. The molecular formula is C23H18F3NO. The molecule has 3 aromatic rings. The number of halogens is 3. The van der Waals surface area contributed by atoms with Gasteiger partial charge in [-0.05, 0) is 41.8 Å². The third-order valence-corrected chi connectivity index (χ3v) is 5.12. The Bertz CT molecular complexity index is 986. The van der Waals surface area contributed by atoms with E-state index >= 15 is 8.78 Å². The normalized spacial score (nSPS) is 16.5. The lowest BCUT2D eigenvalue weighted by atomic mass is 9.85. The average molecular weight is 381 g/mol. The van der Waals surface area contributed by atoms with Crippen molar-refractivity contribution in [2.75, 3.05) is 11.4 Å². The monoisotopic (exact) mass is 381 g/mol. The summed E-state index contributed by atoms with van der Waals surface area (Å²) in [4.78, 5) is 14.3. The van der Waals surface area contributed by atoms with Gasteiger partial charge in [0, 0.05) is 17.8 Å². The van der Waals surface area contributed by atoms with E-state index in [1.165, 1.54) is 41.3 Å². The highest BCUT2D eigenvalue weighted by molar-refractivity contribution is 6.02. The molecule has 2 nitrogen and oxygen atoms in total. The molecule has 5 heteroatoms. The number of alkyl halides is 2. The third-order valence-electron chi connectivity index (χ3n) is 5.12. The van der Waals surface area contributed by atoms with Gasteiger partial charge >= 0.3 is 5.92 Å². The molecular weight excluding hydrogens is 363 g/mol. The Balaban J connectivity index is 1.82. The van der Waals surface area contributed by atoms with Crippen molar-refractivity contribution in [1.82, 2.24) is 0 Å². The van der Waals surface area contributed by atoms with Crippen LogP contribution in [-0.4, -0.2) is 18.3 Å². The van der Waals surface area contributed by atoms with E-state index in [1.807, 2.05) is 6.07 Å². The lowest BCUT2D eigenvalue weighted by Crippen LogP contribution is -2.49. The predicted molar refractivity (Wildman–Crippen MR) is 102 cm³/mol. The average Bonchev–Trinajstić information content (AvgIpc) is 2.73. The molecule has 0 aliphatic carbocycles. The van der Waals surface area contributed by atoms with Crippen LogP contribution in [0.15, 0.2) is 78.9 Å². The smallest absolute Gasteiger partial charge is 0.333 e. The molecule has 1 unspecified atom stereocenters. The number of hydrogen-bond acceptors (Lipinski definition) is 2. The minimum absolute atomic E-state index is 0.0328. The van der Waals surface area contributed by atoms with Crippen LogP contribution in [0.5, 0.6) is 0 Å². The van der Waals surface area contributed by atoms with E-state index in [2.05, 4.69) is 0 Å². The van der Waals surface area contributed by atoms with E-state index in [1.54, 1.807) is 36.4 Å². The van der Waals surface area contributed by atoms with Gasteiger partial charge < -0.3 is 4.90 Å². The van der Waals surface area contributed by atoms with Gasteiger partial charge in [0.1, 0.15) is 11.9 Å². The number of anilines is 1. The summed E-state index contributed by atoms with van der Waals surface area (Å²) in [7, 11) is 0. The van der Waals surface area contributed by atoms with Crippen molar-refractivity contribution < 1.29 is 18.0 Å². The number of ketones is 1. The van der Waals surface area contributed by atoms with Crippen molar-refractivity contribution in [3.05, 3.63) is 101 Å². The highest BCUT2D eigenvalue weighted by Gasteiger charge is 2.52. The maximum absolute atomic E-state index is 15.6. The van der Waals surface area contributed by atoms with Gasteiger partial charge in [-0.1, -0.05) is 54.6 Å². The molecule has 1 aliphatic rings. The van der Waals surface area contributed by atoms with Crippen molar-refractivity contribution in [2.24, 2.45) is 0 Å². The molecule has 1 atom stereocenters.